The van der Waals surface area contributed by atoms with E-state index in [1.165, 1.54) is 11.8 Å². The molecule has 30 valence electrons. The average molecular weight is 89.2 g/mol. The summed E-state index contributed by atoms with van der Waals surface area (Å²) in [6.45, 7) is 1.74. The van der Waals surface area contributed by atoms with Crippen LogP contribution in [0.25, 0.3) is 0 Å². The van der Waals surface area contributed by atoms with Gasteiger partial charge in [0.15, 0.2) is 0 Å². The van der Waals surface area contributed by atoms with Crippen molar-refractivity contribution < 1.29 is 0 Å². The largest absolute Gasteiger partial charge is 0.143 e. The highest BCUT2D eigenvalue weighted by Crippen LogP contribution is 1.95. The van der Waals surface area contributed by atoms with Crippen LogP contribution < -0.4 is 5.73 Å². The van der Waals surface area contributed by atoms with E-state index in [1.54, 1.807) is 6.92 Å². The Morgan fingerprint density at radius 2 is 2.00 bits per heavy atom. The lowest BCUT2D eigenvalue weighted by molar-refractivity contribution is 1.01. The molecule has 2 radical (unpaired) electrons. The molecular formula is C3H7NS. The first-order chi connectivity index (χ1) is 2.27. The molecule has 2 heteroatoms. The summed E-state index contributed by atoms with van der Waals surface area (Å²) in [6, 6.07) is 0. The monoisotopic (exact) mass is 89.0 g/mol. The molecule has 1 unspecified atom stereocenters. The molecule has 0 aromatic rings. The molecule has 0 aromatic carbocycles. The smallest absolute Gasteiger partial charge is 0.0855 e. The van der Waals surface area contributed by atoms with Crippen molar-refractivity contribution in [2.75, 3.05) is 6.26 Å². The zero-order valence-electron chi connectivity index (χ0n) is 3.43. The molecule has 0 saturated heterocycles. The third-order valence-electron chi connectivity index (χ3n) is 0.341. The second-order valence-corrected chi connectivity index (χ2v) is 1.99. The number of hydrogen-bond acceptors (Lipinski definition) is 1. The van der Waals surface area contributed by atoms with Gasteiger partial charge < -0.3 is 0 Å². The Bertz CT molecular complexity index is 20.9. The molecule has 0 saturated carbocycles. The van der Waals surface area contributed by atoms with E-state index in [0.717, 1.165) is 0 Å². The average Bonchev–Trinajstić information content (AvgIpc) is 1.38. The predicted molar refractivity (Wildman–Crippen MR) is 25.1 cm³/mol. The van der Waals surface area contributed by atoms with Crippen LogP contribution >= 0.6 is 11.8 Å². The molecule has 1 atom stereocenters. The third kappa shape index (κ3) is 4.31. The minimum atomic E-state index is -0.199. The fraction of sp³-hybridized carbons (Fsp3) is 1.00. The van der Waals surface area contributed by atoms with E-state index < -0.39 is 0 Å². The number of thioether (sulfide) groups is 1. The van der Waals surface area contributed by atoms with Crippen LogP contribution in [-0.2, 0) is 0 Å². The number of nitrogens with zero attached hydrogens (tertiary/aromatic N) is 1. The Balaban J connectivity index is 2.54. The summed E-state index contributed by atoms with van der Waals surface area (Å²) >= 11 is 1.44. The minimum absolute atomic E-state index is 0.199. The van der Waals surface area contributed by atoms with Gasteiger partial charge in [-0.25, -0.2) is 0 Å². The SMILES string of the molecule is CSC(C)[N]. The maximum atomic E-state index is 8.32. The fourth-order valence-electron chi connectivity index (χ4n) is 0. The summed E-state index contributed by atoms with van der Waals surface area (Å²) in [5, 5.41) is -0.199. The van der Waals surface area contributed by atoms with E-state index >= 15 is 0 Å². The molecule has 1 nitrogen and oxygen atoms in total. The maximum absolute atomic E-state index is 8.32. The Kier molecular flexibility index (Phi) is 2.70. The highest BCUT2D eigenvalue weighted by molar-refractivity contribution is 7.99. The van der Waals surface area contributed by atoms with Crippen molar-refractivity contribution in [3.05, 3.63) is 0 Å². The van der Waals surface area contributed by atoms with Gasteiger partial charge in [0.2, 0.25) is 0 Å². The molecule has 5 heavy (non-hydrogen) atoms. The minimum Gasteiger partial charge on any atom is -0.143 e. The normalized spacial score (nSPS) is 15.0. The summed E-state index contributed by atoms with van der Waals surface area (Å²) in [7, 11) is 0. The van der Waals surface area contributed by atoms with E-state index in [9.17, 15) is 0 Å². The first-order valence-electron chi connectivity index (χ1n) is 1.48. The fourth-order valence-corrected chi connectivity index (χ4v) is 0. The number of hydrogen-bond donors (Lipinski definition) is 0. The molecule has 0 N–H and O–H groups in total. The standard InChI is InChI=1S/C3H7NS/c1-3(4)5-2/h3H,1-2H3. The molecular weight excluding hydrogens is 82.1 g/mol. The lowest BCUT2D eigenvalue weighted by Crippen LogP contribution is -1.90. The van der Waals surface area contributed by atoms with Crippen molar-refractivity contribution in [1.82, 2.24) is 5.73 Å². The summed E-state index contributed by atoms with van der Waals surface area (Å²) < 4.78 is 0. The van der Waals surface area contributed by atoms with Gasteiger partial charge >= 0.3 is 0 Å². The molecule has 0 bridgehead atoms. The highest BCUT2D eigenvalue weighted by atomic mass is 32.2. The van der Waals surface area contributed by atoms with E-state index in [0.29, 0.717) is 0 Å². The topological polar surface area (TPSA) is 22.3 Å². The van der Waals surface area contributed by atoms with Crippen LogP contribution in [0.15, 0.2) is 0 Å². The van der Waals surface area contributed by atoms with Crippen LogP contribution in [0.2, 0.25) is 0 Å². The molecule has 0 aliphatic carbocycles. The van der Waals surface area contributed by atoms with Gasteiger partial charge in [-0.1, -0.05) is 0 Å². The lowest BCUT2D eigenvalue weighted by atomic mass is 10.8. The van der Waals surface area contributed by atoms with E-state index in [1.807, 2.05) is 6.26 Å². The summed E-state index contributed by atoms with van der Waals surface area (Å²) in [4.78, 5) is 0. The maximum Gasteiger partial charge on any atom is 0.0855 e. The van der Waals surface area contributed by atoms with Crippen LogP contribution in [0.1, 0.15) is 6.92 Å². The molecule has 0 aliphatic rings. The third-order valence-corrected chi connectivity index (χ3v) is 1.02. The molecule has 0 rings (SSSR count). The molecule has 0 aromatic heterocycles. The van der Waals surface area contributed by atoms with Crippen molar-refractivity contribution >= 4 is 11.8 Å². The zero-order valence-corrected chi connectivity index (χ0v) is 4.25. The molecule has 0 fully saturated rings. The van der Waals surface area contributed by atoms with E-state index in [4.69, 9.17) is 5.73 Å². The van der Waals surface area contributed by atoms with Gasteiger partial charge in [-0.05, 0) is 13.2 Å². The summed E-state index contributed by atoms with van der Waals surface area (Å²) in [6.07, 6.45) is 1.87. The lowest BCUT2D eigenvalue weighted by Gasteiger charge is -1.87. The van der Waals surface area contributed by atoms with Crippen molar-refractivity contribution in [3.63, 3.8) is 0 Å². The van der Waals surface area contributed by atoms with Crippen molar-refractivity contribution in [2.24, 2.45) is 0 Å². The van der Waals surface area contributed by atoms with Crippen LogP contribution in [0.3, 0.4) is 0 Å². The van der Waals surface area contributed by atoms with Gasteiger partial charge in [0.1, 0.15) is 0 Å². The van der Waals surface area contributed by atoms with Gasteiger partial charge in [0.05, 0.1) is 5.37 Å². The second kappa shape index (κ2) is 2.54. The molecule has 0 amide bonds. The highest BCUT2D eigenvalue weighted by Gasteiger charge is 1.83. The van der Waals surface area contributed by atoms with Crippen LogP contribution in [0, 0.1) is 0 Å². The van der Waals surface area contributed by atoms with Gasteiger partial charge in [0.25, 0.3) is 0 Å². The van der Waals surface area contributed by atoms with E-state index in [2.05, 4.69) is 0 Å². The van der Waals surface area contributed by atoms with Crippen LogP contribution in [0.4, 0.5) is 0 Å². The first-order valence-corrected chi connectivity index (χ1v) is 2.77. The predicted octanol–water partition coefficient (Wildman–Crippen LogP) is 0.764. The van der Waals surface area contributed by atoms with Crippen molar-refractivity contribution in [3.8, 4) is 0 Å². The Morgan fingerprint density at radius 3 is 2.00 bits per heavy atom. The molecule has 0 heterocycles. The van der Waals surface area contributed by atoms with E-state index in [-0.39, 0.29) is 5.37 Å². The van der Waals surface area contributed by atoms with Crippen LogP contribution in [-0.4, -0.2) is 11.6 Å². The molecule has 0 aliphatic heterocycles. The van der Waals surface area contributed by atoms with Gasteiger partial charge in [0, 0.05) is 0 Å². The summed E-state index contributed by atoms with van der Waals surface area (Å²) in [5.74, 6) is 0. The van der Waals surface area contributed by atoms with Crippen LogP contribution in [0.5, 0.6) is 0 Å². The second-order valence-electron chi connectivity index (χ2n) is 0.835. The van der Waals surface area contributed by atoms with Crippen molar-refractivity contribution in [1.29, 1.82) is 0 Å². The Labute approximate surface area is 36.9 Å². The quantitative estimate of drug-likeness (QED) is 0.465. The van der Waals surface area contributed by atoms with Gasteiger partial charge in [-0.15, -0.1) is 17.5 Å². The Hall–Kier alpha value is 0.310. The number of rotatable bonds is 1. The van der Waals surface area contributed by atoms with Gasteiger partial charge in [-0.2, -0.15) is 0 Å². The van der Waals surface area contributed by atoms with Gasteiger partial charge in [-0.3, -0.25) is 0 Å². The van der Waals surface area contributed by atoms with Crippen molar-refractivity contribution in [2.45, 2.75) is 12.3 Å². The molecule has 0 spiro atoms. The summed E-state index contributed by atoms with van der Waals surface area (Å²) in [5.41, 5.74) is 8.32. The zero-order chi connectivity index (χ0) is 4.28. The first kappa shape index (κ1) is 5.31. The Morgan fingerprint density at radius 1 is 1.80 bits per heavy atom.